The first kappa shape index (κ1) is 21.1. The molecular formula is C25H24O5. The van der Waals surface area contributed by atoms with E-state index in [0.29, 0.717) is 17.7 Å². The van der Waals surface area contributed by atoms with Crippen LogP contribution in [-0.4, -0.2) is 24.6 Å². The minimum absolute atomic E-state index is 0.0441. The molecule has 0 saturated heterocycles. The van der Waals surface area contributed by atoms with E-state index < -0.39 is 11.9 Å². The molecule has 154 valence electrons. The Labute approximate surface area is 176 Å². The maximum absolute atomic E-state index is 12.5. The molecule has 5 nitrogen and oxygen atoms in total. The van der Waals surface area contributed by atoms with Crippen LogP contribution in [0.25, 0.3) is 0 Å². The quantitative estimate of drug-likeness (QED) is 0.386. The maximum atomic E-state index is 12.5. The van der Waals surface area contributed by atoms with Gasteiger partial charge in [0.25, 0.3) is 0 Å². The van der Waals surface area contributed by atoms with Crippen molar-refractivity contribution in [2.45, 2.75) is 26.4 Å². The molecule has 0 heterocycles. The number of carbonyl (C=O) groups excluding carboxylic acids is 2. The van der Waals surface area contributed by atoms with E-state index in [4.69, 9.17) is 14.2 Å². The molecule has 0 radical (unpaired) electrons. The fourth-order valence-corrected chi connectivity index (χ4v) is 2.81. The number of rotatable bonds is 8. The normalized spacial score (nSPS) is 10.5. The van der Waals surface area contributed by atoms with Gasteiger partial charge in [-0.1, -0.05) is 42.5 Å². The minimum atomic E-state index is -0.560. The molecule has 3 aromatic rings. The van der Waals surface area contributed by atoms with Crippen molar-refractivity contribution in [3.8, 4) is 11.5 Å². The van der Waals surface area contributed by atoms with Crippen LogP contribution in [0.3, 0.4) is 0 Å². The van der Waals surface area contributed by atoms with E-state index in [1.54, 1.807) is 48.5 Å². The third-order valence-corrected chi connectivity index (χ3v) is 4.24. The summed E-state index contributed by atoms with van der Waals surface area (Å²) in [5.74, 6) is -0.260. The predicted molar refractivity (Wildman–Crippen MR) is 114 cm³/mol. The van der Waals surface area contributed by atoms with Gasteiger partial charge in [0.15, 0.2) is 0 Å². The Kier molecular flexibility index (Phi) is 7.22. The number of esters is 2. The number of para-hydroxylation sites is 1. The first-order valence-corrected chi connectivity index (χ1v) is 9.82. The van der Waals surface area contributed by atoms with E-state index in [1.165, 1.54) is 0 Å². The smallest absolute Gasteiger partial charge is 0.343 e. The van der Waals surface area contributed by atoms with Gasteiger partial charge in [-0.25, -0.2) is 9.59 Å². The second kappa shape index (κ2) is 10.3. The van der Waals surface area contributed by atoms with Gasteiger partial charge in [-0.05, 0) is 55.8 Å². The molecule has 3 rings (SSSR count). The Balaban J connectivity index is 1.62. The van der Waals surface area contributed by atoms with Crippen LogP contribution in [0.5, 0.6) is 11.5 Å². The van der Waals surface area contributed by atoms with Crippen molar-refractivity contribution < 1.29 is 23.8 Å². The van der Waals surface area contributed by atoms with Crippen molar-refractivity contribution in [3.63, 3.8) is 0 Å². The van der Waals surface area contributed by atoms with E-state index in [-0.39, 0.29) is 24.0 Å². The molecule has 0 aliphatic carbocycles. The van der Waals surface area contributed by atoms with E-state index in [0.717, 1.165) is 5.56 Å². The summed E-state index contributed by atoms with van der Waals surface area (Å²) in [4.78, 5) is 25.0. The van der Waals surface area contributed by atoms with Crippen LogP contribution in [0.4, 0.5) is 0 Å². The van der Waals surface area contributed by atoms with Gasteiger partial charge in [0.2, 0.25) is 0 Å². The monoisotopic (exact) mass is 404 g/mol. The molecule has 30 heavy (non-hydrogen) atoms. The molecule has 0 atom stereocenters. The molecule has 0 fully saturated rings. The first-order valence-electron chi connectivity index (χ1n) is 9.82. The Morgan fingerprint density at radius 2 is 1.47 bits per heavy atom. The molecule has 3 aromatic carbocycles. The fourth-order valence-electron chi connectivity index (χ4n) is 2.81. The SMILES string of the molecule is CC(C)Oc1ccc(C(=O)Oc2ccccc2C(=O)OCCc2ccccc2)cc1. The molecule has 0 saturated carbocycles. The second-order valence-electron chi connectivity index (χ2n) is 6.95. The van der Waals surface area contributed by atoms with Crippen LogP contribution < -0.4 is 9.47 Å². The summed E-state index contributed by atoms with van der Waals surface area (Å²) in [7, 11) is 0. The summed E-state index contributed by atoms with van der Waals surface area (Å²) >= 11 is 0. The molecule has 0 aliphatic rings. The summed E-state index contributed by atoms with van der Waals surface area (Å²) < 4.78 is 16.4. The van der Waals surface area contributed by atoms with Crippen LogP contribution in [0, 0.1) is 0 Å². The van der Waals surface area contributed by atoms with Crippen LogP contribution in [0.1, 0.15) is 40.1 Å². The van der Waals surface area contributed by atoms with Crippen LogP contribution in [0.15, 0.2) is 78.9 Å². The summed E-state index contributed by atoms with van der Waals surface area (Å²) in [6, 6.07) is 23.0. The molecule has 0 N–H and O–H groups in total. The largest absolute Gasteiger partial charge is 0.491 e. The number of benzene rings is 3. The average molecular weight is 404 g/mol. The van der Waals surface area contributed by atoms with Gasteiger partial charge in [0.1, 0.15) is 17.1 Å². The lowest BCUT2D eigenvalue weighted by Crippen LogP contribution is -2.14. The highest BCUT2D eigenvalue weighted by Crippen LogP contribution is 2.21. The maximum Gasteiger partial charge on any atom is 0.343 e. The predicted octanol–water partition coefficient (Wildman–Crippen LogP) is 5.09. The molecule has 0 unspecified atom stereocenters. The summed E-state index contributed by atoms with van der Waals surface area (Å²) in [6.45, 7) is 4.10. The highest BCUT2D eigenvalue weighted by Gasteiger charge is 2.17. The van der Waals surface area contributed by atoms with Crippen molar-refractivity contribution >= 4 is 11.9 Å². The van der Waals surface area contributed by atoms with Crippen LogP contribution in [-0.2, 0) is 11.2 Å². The van der Waals surface area contributed by atoms with E-state index in [2.05, 4.69) is 0 Å². The summed E-state index contributed by atoms with van der Waals surface area (Å²) in [5, 5.41) is 0. The Morgan fingerprint density at radius 1 is 0.800 bits per heavy atom. The van der Waals surface area contributed by atoms with Crippen molar-refractivity contribution in [3.05, 3.63) is 95.6 Å². The lowest BCUT2D eigenvalue weighted by Gasteiger charge is -2.11. The standard InChI is InChI=1S/C25H24O5/c1-18(2)29-21-14-12-20(13-15-21)24(26)30-23-11-7-6-10-22(23)25(27)28-17-16-19-8-4-3-5-9-19/h3-15,18H,16-17H2,1-2H3. The van der Waals surface area contributed by atoms with E-state index >= 15 is 0 Å². The molecule has 5 heteroatoms. The zero-order chi connectivity index (χ0) is 21.3. The van der Waals surface area contributed by atoms with Gasteiger partial charge >= 0.3 is 11.9 Å². The average Bonchev–Trinajstić information content (AvgIpc) is 2.75. The third-order valence-electron chi connectivity index (χ3n) is 4.24. The van der Waals surface area contributed by atoms with Gasteiger partial charge in [-0.2, -0.15) is 0 Å². The summed E-state index contributed by atoms with van der Waals surface area (Å²) in [6.07, 6.45) is 0.655. The van der Waals surface area contributed by atoms with Crippen LogP contribution in [0.2, 0.25) is 0 Å². The number of hydrogen-bond donors (Lipinski definition) is 0. The molecule has 0 bridgehead atoms. The van der Waals surface area contributed by atoms with E-state index in [1.807, 2.05) is 44.2 Å². The minimum Gasteiger partial charge on any atom is -0.491 e. The highest BCUT2D eigenvalue weighted by atomic mass is 16.5. The highest BCUT2D eigenvalue weighted by molar-refractivity contribution is 5.96. The van der Waals surface area contributed by atoms with Gasteiger partial charge in [-0.3, -0.25) is 0 Å². The third kappa shape index (κ3) is 5.95. The zero-order valence-corrected chi connectivity index (χ0v) is 17.0. The van der Waals surface area contributed by atoms with Gasteiger partial charge < -0.3 is 14.2 Å². The number of carbonyl (C=O) groups is 2. The first-order chi connectivity index (χ1) is 14.5. The van der Waals surface area contributed by atoms with Crippen LogP contribution >= 0.6 is 0 Å². The topological polar surface area (TPSA) is 61.8 Å². The van der Waals surface area contributed by atoms with Gasteiger partial charge in [0.05, 0.1) is 18.3 Å². The fraction of sp³-hybridized carbons (Fsp3) is 0.200. The molecule has 0 amide bonds. The molecular weight excluding hydrogens is 380 g/mol. The zero-order valence-electron chi connectivity index (χ0n) is 17.0. The Hall–Kier alpha value is -3.60. The lowest BCUT2D eigenvalue weighted by molar-refractivity contribution is 0.0504. The van der Waals surface area contributed by atoms with E-state index in [9.17, 15) is 9.59 Å². The Bertz CT molecular complexity index is 978. The van der Waals surface area contributed by atoms with Crippen molar-refractivity contribution in [1.29, 1.82) is 0 Å². The number of hydrogen-bond acceptors (Lipinski definition) is 5. The number of ether oxygens (including phenoxy) is 3. The van der Waals surface area contributed by atoms with Crippen molar-refractivity contribution in [2.75, 3.05) is 6.61 Å². The van der Waals surface area contributed by atoms with Gasteiger partial charge in [0, 0.05) is 6.42 Å². The van der Waals surface area contributed by atoms with Gasteiger partial charge in [-0.15, -0.1) is 0 Å². The summed E-state index contributed by atoms with van der Waals surface area (Å²) in [5.41, 5.74) is 1.65. The van der Waals surface area contributed by atoms with Crippen molar-refractivity contribution in [2.24, 2.45) is 0 Å². The van der Waals surface area contributed by atoms with Crippen molar-refractivity contribution in [1.82, 2.24) is 0 Å². The molecule has 0 aliphatic heterocycles. The molecule has 0 spiro atoms. The lowest BCUT2D eigenvalue weighted by atomic mass is 10.1. The second-order valence-corrected chi connectivity index (χ2v) is 6.95. The Morgan fingerprint density at radius 3 is 2.17 bits per heavy atom. The molecule has 0 aromatic heterocycles.